The van der Waals surface area contributed by atoms with E-state index in [4.69, 9.17) is 10.3 Å². The Balaban J connectivity index is 1.97. The molecule has 1 heterocycles. The van der Waals surface area contributed by atoms with Crippen LogP contribution < -0.4 is 5.73 Å². The Morgan fingerprint density at radius 3 is 2.87 bits per heavy atom. The lowest BCUT2D eigenvalue weighted by molar-refractivity contribution is 0.386. The van der Waals surface area contributed by atoms with Crippen molar-refractivity contribution in [1.82, 2.24) is 5.16 Å². The van der Waals surface area contributed by atoms with Crippen molar-refractivity contribution >= 4 is 5.69 Å². The Hall–Kier alpha value is -1.77. The molecule has 1 saturated carbocycles. The van der Waals surface area contributed by atoms with Crippen LogP contribution in [0.4, 0.5) is 5.69 Å². The molecule has 76 valence electrons. The second kappa shape index (κ2) is 3.12. The summed E-state index contributed by atoms with van der Waals surface area (Å²) in [5.74, 6) is 1.61. The third-order valence-electron chi connectivity index (χ3n) is 2.69. The second-order valence-corrected chi connectivity index (χ2v) is 4.01. The summed E-state index contributed by atoms with van der Waals surface area (Å²) in [7, 11) is 0. The molecule has 0 saturated heterocycles. The van der Waals surface area contributed by atoms with Gasteiger partial charge in [0.2, 0.25) is 0 Å². The first-order chi connectivity index (χ1) is 7.33. The standard InChI is InChI=1S/C12H12N2O/c13-10-3-1-2-9(6-10)11-7-12(15-14-11)8-4-5-8/h1-3,6-8H,4-5,13H2. The molecule has 0 unspecified atom stereocenters. The van der Waals surface area contributed by atoms with Gasteiger partial charge in [-0.3, -0.25) is 0 Å². The SMILES string of the molecule is Nc1cccc(-c2cc(C3CC3)on2)c1. The Labute approximate surface area is 87.9 Å². The first kappa shape index (κ1) is 8.53. The van der Waals surface area contributed by atoms with Gasteiger partial charge in [0.05, 0.1) is 0 Å². The van der Waals surface area contributed by atoms with Crippen LogP contribution in [0, 0.1) is 0 Å². The lowest BCUT2D eigenvalue weighted by Gasteiger charge is -1.96. The fourth-order valence-electron chi connectivity index (χ4n) is 1.68. The molecule has 0 spiro atoms. The molecule has 1 fully saturated rings. The maximum atomic E-state index is 5.72. The summed E-state index contributed by atoms with van der Waals surface area (Å²) < 4.78 is 5.29. The number of aromatic nitrogens is 1. The Morgan fingerprint density at radius 2 is 2.13 bits per heavy atom. The fraction of sp³-hybridized carbons (Fsp3) is 0.250. The van der Waals surface area contributed by atoms with E-state index in [0.717, 1.165) is 22.7 Å². The van der Waals surface area contributed by atoms with Crippen LogP contribution in [0.15, 0.2) is 34.9 Å². The van der Waals surface area contributed by atoms with Crippen LogP contribution in [-0.4, -0.2) is 5.16 Å². The van der Waals surface area contributed by atoms with Gasteiger partial charge >= 0.3 is 0 Å². The summed E-state index contributed by atoms with van der Waals surface area (Å²) in [5.41, 5.74) is 8.37. The number of rotatable bonds is 2. The minimum absolute atomic E-state index is 0.604. The number of nitrogens with two attached hydrogens (primary N) is 1. The third-order valence-corrected chi connectivity index (χ3v) is 2.69. The minimum Gasteiger partial charge on any atom is -0.399 e. The van der Waals surface area contributed by atoms with Crippen LogP contribution in [0.1, 0.15) is 24.5 Å². The Morgan fingerprint density at radius 1 is 1.27 bits per heavy atom. The average Bonchev–Trinajstić information content (AvgIpc) is 2.97. The molecule has 3 heteroatoms. The highest BCUT2D eigenvalue weighted by atomic mass is 16.5. The quantitative estimate of drug-likeness (QED) is 0.758. The van der Waals surface area contributed by atoms with Gasteiger partial charge in [-0.1, -0.05) is 17.3 Å². The van der Waals surface area contributed by atoms with Gasteiger partial charge in [-0.25, -0.2) is 0 Å². The van der Waals surface area contributed by atoms with Gasteiger partial charge in [0.15, 0.2) is 0 Å². The van der Waals surface area contributed by atoms with Crippen molar-refractivity contribution in [3.63, 3.8) is 0 Å². The average molecular weight is 200 g/mol. The molecule has 3 rings (SSSR count). The van der Waals surface area contributed by atoms with Crippen molar-refractivity contribution in [2.24, 2.45) is 0 Å². The van der Waals surface area contributed by atoms with E-state index < -0.39 is 0 Å². The molecule has 0 atom stereocenters. The minimum atomic E-state index is 0.604. The molecular weight excluding hydrogens is 188 g/mol. The monoisotopic (exact) mass is 200 g/mol. The van der Waals surface area contributed by atoms with E-state index in [9.17, 15) is 0 Å². The molecule has 3 nitrogen and oxygen atoms in total. The van der Waals surface area contributed by atoms with Gasteiger partial charge in [0.25, 0.3) is 0 Å². The van der Waals surface area contributed by atoms with Crippen LogP contribution in [-0.2, 0) is 0 Å². The molecule has 2 N–H and O–H groups in total. The molecule has 0 radical (unpaired) electrons. The van der Waals surface area contributed by atoms with Gasteiger partial charge in [-0.2, -0.15) is 0 Å². The van der Waals surface area contributed by atoms with Crippen LogP contribution in [0.3, 0.4) is 0 Å². The maximum Gasteiger partial charge on any atom is 0.140 e. The van der Waals surface area contributed by atoms with Gasteiger partial charge < -0.3 is 10.3 Å². The molecule has 2 aromatic rings. The van der Waals surface area contributed by atoms with Crippen LogP contribution in [0.2, 0.25) is 0 Å². The third kappa shape index (κ3) is 1.61. The van der Waals surface area contributed by atoms with Crippen molar-refractivity contribution < 1.29 is 4.52 Å². The van der Waals surface area contributed by atoms with E-state index in [0.29, 0.717) is 5.92 Å². The summed E-state index contributed by atoms with van der Waals surface area (Å²) in [5, 5.41) is 4.06. The number of hydrogen-bond acceptors (Lipinski definition) is 3. The van der Waals surface area contributed by atoms with E-state index in [1.54, 1.807) is 0 Å². The normalized spacial score (nSPS) is 15.5. The van der Waals surface area contributed by atoms with E-state index in [1.807, 2.05) is 30.3 Å². The van der Waals surface area contributed by atoms with Crippen molar-refractivity contribution in [2.75, 3.05) is 5.73 Å². The highest BCUT2D eigenvalue weighted by molar-refractivity contribution is 5.63. The number of nitrogen functional groups attached to an aromatic ring is 1. The van der Waals surface area contributed by atoms with E-state index in [2.05, 4.69) is 5.16 Å². The van der Waals surface area contributed by atoms with E-state index in [-0.39, 0.29) is 0 Å². The molecule has 0 amide bonds. The summed E-state index contributed by atoms with van der Waals surface area (Å²) in [4.78, 5) is 0. The molecule has 1 aliphatic rings. The van der Waals surface area contributed by atoms with Crippen LogP contribution in [0.25, 0.3) is 11.3 Å². The van der Waals surface area contributed by atoms with E-state index >= 15 is 0 Å². The smallest absolute Gasteiger partial charge is 0.140 e. The summed E-state index contributed by atoms with van der Waals surface area (Å²) in [6.45, 7) is 0. The van der Waals surface area contributed by atoms with Crippen LogP contribution >= 0.6 is 0 Å². The fourth-order valence-corrected chi connectivity index (χ4v) is 1.68. The highest BCUT2D eigenvalue weighted by Gasteiger charge is 2.27. The zero-order chi connectivity index (χ0) is 10.3. The highest BCUT2D eigenvalue weighted by Crippen LogP contribution is 2.41. The Bertz CT molecular complexity index is 486. The van der Waals surface area contributed by atoms with Crippen molar-refractivity contribution in [3.8, 4) is 11.3 Å². The number of nitrogens with zero attached hydrogens (tertiary/aromatic N) is 1. The summed E-state index contributed by atoms with van der Waals surface area (Å²) in [6.07, 6.45) is 2.46. The predicted octanol–water partition coefficient (Wildman–Crippen LogP) is 2.80. The molecule has 1 aromatic heterocycles. The molecule has 0 bridgehead atoms. The maximum absolute atomic E-state index is 5.72. The van der Waals surface area contributed by atoms with Gasteiger partial charge in [0, 0.05) is 23.2 Å². The predicted molar refractivity (Wildman–Crippen MR) is 58.3 cm³/mol. The molecule has 1 aromatic carbocycles. The van der Waals surface area contributed by atoms with Crippen LogP contribution in [0.5, 0.6) is 0 Å². The second-order valence-electron chi connectivity index (χ2n) is 4.01. The van der Waals surface area contributed by atoms with Crippen molar-refractivity contribution in [3.05, 3.63) is 36.1 Å². The lowest BCUT2D eigenvalue weighted by atomic mass is 10.1. The van der Waals surface area contributed by atoms with Gasteiger partial charge in [-0.15, -0.1) is 0 Å². The zero-order valence-electron chi connectivity index (χ0n) is 8.31. The Kier molecular flexibility index (Phi) is 1.78. The van der Waals surface area contributed by atoms with Gasteiger partial charge in [0.1, 0.15) is 11.5 Å². The zero-order valence-corrected chi connectivity index (χ0v) is 8.31. The van der Waals surface area contributed by atoms with Crippen molar-refractivity contribution in [1.29, 1.82) is 0 Å². The summed E-state index contributed by atoms with van der Waals surface area (Å²) in [6, 6.07) is 9.72. The largest absolute Gasteiger partial charge is 0.399 e. The summed E-state index contributed by atoms with van der Waals surface area (Å²) >= 11 is 0. The lowest BCUT2D eigenvalue weighted by Crippen LogP contribution is -1.84. The number of hydrogen-bond donors (Lipinski definition) is 1. The van der Waals surface area contributed by atoms with Crippen molar-refractivity contribution in [2.45, 2.75) is 18.8 Å². The number of benzene rings is 1. The number of anilines is 1. The topological polar surface area (TPSA) is 52.0 Å². The first-order valence-electron chi connectivity index (χ1n) is 5.15. The molecule has 1 aliphatic carbocycles. The molecule has 0 aliphatic heterocycles. The molecular formula is C12H12N2O. The first-order valence-corrected chi connectivity index (χ1v) is 5.15. The van der Waals surface area contributed by atoms with Gasteiger partial charge in [-0.05, 0) is 25.0 Å². The van der Waals surface area contributed by atoms with E-state index in [1.165, 1.54) is 12.8 Å². The molecule has 15 heavy (non-hydrogen) atoms.